The Labute approximate surface area is 104 Å². The maximum atomic E-state index is 11.1. The third-order valence-corrected chi connectivity index (χ3v) is 3.62. The lowest BCUT2D eigenvalue weighted by atomic mass is 9.82. The topological polar surface area (TPSA) is 58.6 Å². The van der Waals surface area contributed by atoms with E-state index in [1.54, 1.807) is 0 Å². The monoisotopic (exact) mass is 243 g/mol. The van der Waals surface area contributed by atoms with Gasteiger partial charge in [0.1, 0.15) is 6.04 Å². The minimum Gasteiger partial charge on any atom is -0.480 e. The zero-order chi connectivity index (χ0) is 12.7. The fourth-order valence-electron chi connectivity index (χ4n) is 2.13. The Bertz CT molecular complexity index is 237. The molecule has 0 aromatic rings. The van der Waals surface area contributed by atoms with Gasteiger partial charge in [-0.3, -0.25) is 4.79 Å². The number of nitrogens with one attached hydrogen (secondary N) is 1. The van der Waals surface area contributed by atoms with Crippen molar-refractivity contribution in [3.05, 3.63) is 0 Å². The second kappa shape index (κ2) is 6.97. The highest BCUT2D eigenvalue weighted by Crippen LogP contribution is 2.28. The molecule has 0 aliphatic carbocycles. The minimum absolute atomic E-state index is 0.193. The van der Waals surface area contributed by atoms with Crippen LogP contribution in [0.2, 0.25) is 0 Å². The molecule has 4 heteroatoms. The molecule has 2 N–H and O–H groups in total. The molecule has 1 rings (SSSR count). The molecule has 17 heavy (non-hydrogen) atoms. The lowest BCUT2D eigenvalue weighted by Crippen LogP contribution is -2.44. The van der Waals surface area contributed by atoms with Crippen LogP contribution in [0.5, 0.6) is 0 Å². The molecular weight excluding hydrogens is 218 g/mol. The number of unbranched alkanes of at least 4 members (excludes halogenated alkanes) is 1. The highest BCUT2D eigenvalue weighted by molar-refractivity contribution is 5.73. The fourth-order valence-corrected chi connectivity index (χ4v) is 2.13. The number of carboxylic acid groups (broad SMARTS) is 1. The summed E-state index contributed by atoms with van der Waals surface area (Å²) in [5.74, 6) is -0.728. The standard InChI is InChI=1S/C13H25NO3/c1-3-4-5-11(12(15)16)14-10-13(2)6-8-17-9-7-13/h11,14H,3-10H2,1-2H3,(H,15,16). The fraction of sp³-hybridized carbons (Fsp3) is 0.923. The lowest BCUT2D eigenvalue weighted by Gasteiger charge is -2.34. The minimum atomic E-state index is -0.728. The predicted octanol–water partition coefficient (Wildman–Crippen LogP) is 2.04. The zero-order valence-electron chi connectivity index (χ0n) is 11.0. The van der Waals surface area contributed by atoms with Gasteiger partial charge in [0.05, 0.1) is 0 Å². The Balaban J connectivity index is 2.36. The summed E-state index contributed by atoms with van der Waals surface area (Å²) >= 11 is 0. The van der Waals surface area contributed by atoms with E-state index in [1.165, 1.54) is 0 Å². The smallest absolute Gasteiger partial charge is 0.320 e. The summed E-state index contributed by atoms with van der Waals surface area (Å²) in [7, 11) is 0. The number of carboxylic acids is 1. The third-order valence-electron chi connectivity index (χ3n) is 3.62. The molecule has 1 unspecified atom stereocenters. The SMILES string of the molecule is CCCCC(NCC1(C)CCOCC1)C(=O)O. The van der Waals surface area contributed by atoms with Gasteiger partial charge >= 0.3 is 5.97 Å². The number of ether oxygens (including phenoxy) is 1. The van der Waals surface area contributed by atoms with Gasteiger partial charge in [0.15, 0.2) is 0 Å². The van der Waals surface area contributed by atoms with Gasteiger partial charge in [0, 0.05) is 19.8 Å². The second-order valence-electron chi connectivity index (χ2n) is 5.34. The molecular formula is C13H25NO3. The van der Waals surface area contributed by atoms with E-state index in [-0.39, 0.29) is 5.41 Å². The molecule has 1 fully saturated rings. The number of aliphatic carboxylic acids is 1. The molecule has 0 aromatic carbocycles. The zero-order valence-corrected chi connectivity index (χ0v) is 11.0. The van der Waals surface area contributed by atoms with E-state index < -0.39 is 12.0 Å². The largest absolute Gasteiger partial charge is 0.480 e. The molecule has 1 atom stereocenters. The quantitative estimate of drug-likeness (QED) is 0.718. The molecule has 0 spiro atoms. The highest BCUT2D eigenvalue weighted by atomic mass is 16.5. The summed E-state index contributed by atoms with van der Waals surface area (Å²) in [6.45, 7) is 6.66. The van der Waals surface area contributed by atoms with E-state index >= 15 is 0 Å². The van der Waals surface area contributed by atoms with Gasteiger partial charge in [-0.1, -0.05) is 26.7 Å². The number of rotatable bonds is 7. The normalized spacial score (nSPS) is 21.1. The maximum Gasteiger partial charge on any atom is 0.320 e. The first-order valence-corrected chi connectivity index (χ1v) is 6.61. The van der Waals surface area contributed by atoms with Crippen LogP contribution in [0.3, 0.4) is 0 Å². The molecule has 0 saturated carbocycles. The van der Waals surface area contributed by atoms with Crippen molar-refractivity contribution in [3.8, 4) is 0 Å². The Morgan fingerprint density at radius 2 is 2.12 bits per heavy atom. The number of hydrogen-bond acceptors (Lipinski definition) is 3. The lowest BCUT2D eigenvalue weighted by molar-refractivity contribution is -0.139. The molecule has 0 amide bonds. The van der Waals surface area contributed by atoms with Gasteiger partial charge < -0.3 is 15.2 Å². The Hall–Kier alpha value is -0.610. The summed E-state index contributed by atoms with van der Waals surface area (Å²) < 4.78 is 5.34. The molecule has 100 valence electrons. The van der Waals surface area contributed by atoms with Crippen LogP contribution in [0.25, 0.3) is 0 Å². The van der Waals surface area contributed by atoms with Crippen molar-refractivity contribution < 1.29 is 14.6 Å². The maximum absolute atomic E-state index is 11.1. The molecule has 1 saturated heterocycles. The van der Waals surface area contributed by atoms with Gasteiger partial charge in [-0.15, -0.1) is 0 Å². The van der Waals surface area contributed by atoms with Crippen LogP contribution in [0.15, 0.2) is 0 Å². The Kier molecular flexibility index (Phi) is 5.92. The van der Waals surface area contributed by atoms with E-state index in [2.05, 4.69) is 19.2 Å². The summed E-state index contributed by atoms with van der Waals surface area (Å²) in [5, 5.41) is 12.3. The summed E-state index contributed by atoms with van der Waals surface area (Å²) in [4.78, 5) is 11.1. The van der Waals surface area contributed by atoms with Crippen LogP contribution < -0.4 is 5.32 Å². The van der Waals surface area contributed by atoms with Crippen molar-refractivity contribution in [3.63, 3.8) is 0 Å². The first-order valence-electron chi connectivity index (χ1n) is 6.61. The van der Waals surface area contributed by atoms with Crippen LogP contribution in [0.1, 0.15) is 46.0 Å². The van der Waals surface area contributed by atoms with Gasteiger partial charge in [-0.05, 0) is 24.7 Å². The summed E-state index contributed by atoms with van der Waals surface area (Å²) in [6, 6.07) is -0.394. The van der Waals surface area contributed by atoms with E-state index in [0.29, 0.717) is 0 Å². The van der Waals surface area contributed by atoms with Gasteiger partial charge in [-0.25, -0.2) is 0 Å². The van der Waals surface area contributed by atoms with E-state index in [0.717, 1.165) is 51.9 Å². The average molecular weight is 243 g/mol. The number of hydrogen-bond donors (Lipinski definition) is 2. The molecule has 1 aliphatic rings. The van der Waals surface area contributed by atoms with Crippen molar-refractivity contribution >= 4 is 5.97 Å². The van der Waals surface area contributed by atoms with Crippen molar-refractivity contribution in [2.45, 2.75) is 52.0 Å². The van der Waals surface area contributed by atoms with Crippen LogP contribution in [0.4, 0.5) is 0 Å². The van der Waals surface area contributed by atoms with Gasteiger partial charge in [0.25, 0.3) is 0 Å². The summed E-state index contributed by atoms with van der Waals surface area (Å²) in [5.41, 5.74) is 0.193. The summed E-state index contributed by atoms with van der Waals surface area (Å²) in [6.07, 6.45) is 4.75. The van der Waals surface area contributed by atoms with E-state index in [4.69, 9.17) is 9.84 Å². The van der Waals surface area contributed by atoms with E-state index in [1.807, 2.05) is 0 Å². The van der Waals surface area contributed by atoms with Crippen molar-refractivity contribution in [1.29, 1.82) is 0 Å². The molecule has 0 radical (unpaired) electrons. The predicted molar refractivity (Wildman–Crippen MR) is 67.1 cm³/mol. The Morgan fingerprint density at radius 1 is 1.47 bits per heavy atom. The Morgan fingerprint density at radius 3 is 2.65 bits per heavy atom. The van der Waals surface area contributed by atoms with Crippen molar-refractivity contribution in [1.82, 2.24) is 5.32 Å². The van der Waals surface area contributed by atoms with Crippen LogP contribution in [-0.4, -0.2) is 36.9 Å². The molecule has 4 nitrogen and oxygen atoms in total. The van der Waals surface area contributed by atoms with Gasteiger partial charge in [0.2, 0.25) is 0 Å². The van der Waals surface area contributed by atoms with Crippen LogP contribution in [0, 0.1) is 5.41 Å². The first-order chi connectivity index (χ1) is 8.07. The van der Waals surface area contributed by atoms with Crippen LogP contribution >= 0.6 is 0 Å². The molecule has 1 heterocycles. The first kappa shape index (κ1) is 14.5. The van der Waals surface area contributed by atoms with Crippen LogP contribution in [-0.2, 0) is 9.53 Å². The highest BCUT2D eigenvalue weighted by Gasteiger charge is 2.29. The average Bonchev–Trinajstić information content (AvgIpc) is 2.29. The molecule has 1 aliphatic heterocycles. The molecule has 0 aromatic heterocycles. The van der Waals surface area contributed by atoms with Crippen molar-refractivity contribution in [2.75, 3.05) is 19.8 Å². The second-order valence-corrected chi connectivity index (χ2v) is 5.34. The van der Waals surface area contributed by atoms with Crippen molar-refractivity contribution in [2.24, 2.45) is 5.41 Å². The molecule has 0 bridgehead atoms. The third kappa shape index (κ3) is 5.04. The van der Waals surface area contributed by atoms with E-state index in [9.17, 15) is 4.79 Å². The number of carbonyl (C=O) groups is 1. The van der Waals surface area contributed by atoms with Gasteiger partial charge in [-0.2, -0.15) is 0 Å².